The first-order valence-electron chi connectivity index (χ1n) is 6.67. The summed E-state index contributed by atoms with van der Waals surface area (Å²) < 4.78 is 0. The number of thiophene rings is 1. The maximum Gasteiger partial charge on any atom is 0.275 e. The molecule has 0 bridgehead atoms. The Morgan fingerprint density at radius 3 is 3.05 bits per heavy atom. The van der Waals surface area contributed by atoms with Gasteiger partial charge in [0, 0.05) is 20.1 Å². The van der Waals surface area contributed by atoms with Crippen molar-refractivity contribution in [2.45, 2.75) is 19.4 Å². The first-order chi connectivity index (χ1) is 9.65. The number of piperidine rings is 1. The Hall–Kier alpha value is -1.44. The van der Waals surface area contributed by atoms with Gasteiger partial charge in [0.25, 0.3) is 5.91 Å². The molecule has 1 atom stereocenters. The Morgan fingerprint density at radius 2 is 2.35 bits per heavy atom. The molecule has 0 radical (unpaired) electrons. The van der Waals surface area contributed by atoms with E-state index in [4.69, 9.17) is 5.84 Å². The molecule has 1 aliphatic heterocycles. The molecule has 1 saturated heterocycles. The van der Waals surface area contributed by atoms with Crippen molar-refractivity contribution in [3.8, 4) is 0 Å². The zero-order valence-corrected chi connectivity index (χ0v) is 12.3. The van der Waals surface area contributed by atoms with E-state index in [0.717, 1.165) is 31.5 Å². The van der Waals surface area contributed by atoms with Crippen molar-refractivity contribution in [3.05, 3.63) is 21.9 Å². The van der Waals surface area contributed by atoms with Gasteiger partial charge >= 0.3 is 0 Å². The molecule has 1 aromatic rings. The average molecular weight is 296 g/mol. The van der Waals surface area contributed by atoms with Crippen LogP contribution in [0.25, 0.3) is 0 Å². The number of hydrazine groups is 1. The standard InChI is InChI=1S/C13H20N4O2S/c1-15-12(18)10-3-2-5-17(8-10)7-9-4-6-20-11(9)13(19)16-14/h4,6,10H,2-3,5,7-8,14H2,1H3,(H,15,18)(H,16,19). The van der Waals surface area contributed by atoms with E-state index in [1.165, 1.54) is 11.3 Å². The number of hydrogen-bond acceptors (Lipinski definition) is 5. The topological polar surface area (TPSA) is 87.5 Å². The molecule has 20 heavy (non-hydrogen) atoms. The van der Waals surface area contributed by atoms with E-state index in [9.17, 15) is 9.59 Å². The molecule has 2 amide bonds. The number of amides is 2. The molecule has 7 heteroatoms. The first kappa shape index (κ1) is 15.0. The number of hydrogen-bond donors (Lipinski definition) is 3. The molecule has 1 unspecified atom stereocenters. The van der Waals surface area contributed by atoms with E-state index in [2.05, 4.69) is 15.6 Å². The van der Waals surface area contributed by atoms with Gasteiger partial charge < -0.3 is 5.32 Å². The van der Waals surface area contributed by atoms with Crippen LogP contribution in [0.2, 0.25) is 0 Å². The number of carbonyl (C=O) groups excluding carboxylic acids is 2. The maximum absolute atomic E-state index is 11.7. The smallest absolute Gasteiger partial charge is 0.275 e. The van der Waals surface area contributed by atoms with Crippen molar-refractivity contribution in [1.82, 2.24) is 15.6 Å². The first-order valence-corrected chi connectivity index (χ1v) is 7.55. The summed E-state index contributed by atoms with van der Waals surface area (Å²) in [5, 5.41) is 4.60. The lowest BCUT2D eigenvalue weighted by atomic mass is 9.97. The minimum atomic E-state index is -0.255. The normalized spacial score (nSPS) is 19.6. The zero-order chi connectivity index (χ0) is 14.5. The summed E-state index contributed by atoms with van der Waals surface area (Å²) >= 11 is 1.38. The monoisotopic (exact) mass is 296 g/mol. The third-order valence-corrected chi connectivity index (χ3v) is 4.56. The Labute approximate surface area is 122 Å². The van der Waals surface area contributed by atoms with Gasteiger partial charge in [0.05, 0.1) is 10.8 Å². The maximum atomic E-state index is 11.7. The molecule has 0 aromatic carbocycles. The van der Waals surface area contributed by atoms with Crippen LogP contribution in [0.15, 0.2) is 11.4 Å². The summed E-state index contributed by atoms with van der Waals surface area (Å²) in [5.41, 5.74) is 3.14. The lowest BCUT2D eigenvalue weighted by Crippen LogP contribution is -2.42. The van der Waals surface area contributed by atoms with Crippen LogP contribution in [-0.2, 0) is 11.3 Å². The fraction of sp³-hybridized carbons (Fsp3) is 0.538. The van der Waals surface area contributed by atoms with E-state index in [1.54, 1.807) is 7.05 Å². The third-order valence-electron chi connectivity index (χ3n) is 3.60. The van der Waals surface area contributed by atoms with Crippen molar-refractivity contribution in [2.75, 3.05) is 20.1 Å². The van der Waals surface area contributed by atoms with Crippen LogP contribution in [-0.4, -0.2) is 36.9 Å². The van der Waals surface area contributed by atoms with E-state index in [1.807, 2.05) is 11.4 Å². The number of nitrogens with zero attached hydrogens (tertiary/aromatic N) is 1. The number of likely N-dealkylation sites (tertiary alicyclic amines) is 1. The summed E-state index contributed by atoms with van der Waals surface area (Å²) in [5.74, 6) is 5.07. The molecule has 1 aliphatic rings. The average Bonchev–Trinajstić information content (AvgIpc) is 2.94. The molecule has 6 nitrogen and oxygen atoms in total. The SMILES string of the molecule is CNC(=O)C1CCCN(Cc2ccsc2C(=O)NN)C1. The summed E-state index contributed by atoms with van der Waals surface area (Å²) in [6.07, 6.45) is 1.93. The molecule has 0 saturated carbocycles. The van der Waals surface area contributed by atoms with Gasteiger partial charge in [0.15, 0.2) is 0 Å². The highest BCUT2D eigenvalue weighted by Gasteiger charge is 2.26. The number of nitrogen functional groups attached to an aromatic ring is 1. The minimum absolute atomic E-state index is 0.0409. The van der Waals surface area contributed by atoms with Crippen molar-refractivity contribution in [1.29, 1.82) is 0 Å². The molecule has 110 valence electrons. The van der Waals surface area contributed by atoms with Gasteiger partial charge in [-0.1, -0.05) is 0 Å². The lowest BCUT2D eigenvalue weighted by molar-refractivity contribution is -0.126. The summed E-state index contributed by atoms with van der Waals surface area (Å²) in [6.45, 7) is 2.37. The highest BCUT2D eigenvalue weighted by molar-refractivity contribution is 7.12. The van der Waals surface area contributed by atoms with Crippen LogP contribution in [0.1, 0.15) is 28.1 Å². The Kier molecular flexibility index (Phi) is 5.11. The van der Waals surface area contributed by atoms with Gasteiger partial charge in [0.2, 0.25) is 5.91 Å². The van der Waals surface area contributed by atoms with Crippen molar-refractivity contribution < 1.29 is 9.59 Å². The van der Waals surface area contributed by atoms with Gasteiger partial charge in [-0.25, -0.2) is 5.84 Å². The molecular weight excluding hydrogens is 276 g/mol. The molecule has 1 aromatic heterocycles. The van der Waals surface area contributed by atoms with E-state index in [-0.39, 0.29) is 17.7 Å². The lowest BCUT2D eigenvalue weighted by Gasteiger charge is -2.31. The second kappa shape index (κ2) is 6.83. The van der Waals surface area contributed by atoms with E-state index < -0.39 is 0 Å². The molecule has 0 spiro atoms. The van der Waals surface area contributed by atoms with Crippen molar-refractivity contribution >= 4 is 23.2 Å². The van der Waals surface area contributed by atoms with Gasteiger partial charge in [-0.15, -0.1) is 11.3 Å². The fourth-order valence-electron chi connectivity index (χ4n) is 2.58. The van der Waals surface area contributed by atoms with Gasteiger partial charge in [-0.2, -0.15) is 0 Å². The Balaban J connectivity index is 2.01. The molecule has 1 fully saturated rings. The van der Waals surface area contributed by atoms with Crippen LogP contribution in [0.3, 0.4) is 0 Å². The molecule has 2 rings (SSSR count). The molecule has 4 N–H and O–H groups in total. The van der Waals surface area contributed by atoms with Gasteiger partial charge in [0.1, 0.15) is 0 Å². The number of carbonyl (C=O) groups is 2. The van der Waals surface area contributed by atoms with E-state index in [0.29, 0.717) is 11.4 Å². The highest BCUT2D eigenvalue weighted by Crippen LogP contribution is 2.22. The fourth-order valence-corrected chi connectivity index (χ4v) is 3.40. The molecule has 0 aliphatic carbocycles. The summed E-state index contributed by atoms with van der Waals surface area (Å²) in [4.78, 5) is 26.2. The highest BCUT2D eigenvalue weighted by atomic mass is 32.1. The number of nitrogens with two attached hydrogens (primary N) is 1. The van der Waals surface area contributed by atoms with Crippen molar-refractivity contribution in [3.63, 3.8) is 0 Å². The Morgan fingerprint density at radius 1 is 1.55 bits per heavy atom. The minimum Gasteiger partial charge on any atom is -0.359 e. The molecular formula is C13H20N4O2S. The second-order valence-electron chi connectivity index (χ2n) is 4.94. The van der Waals surface area contributed by atoms with Gasteiger partial charge in [-0.05, 0) is 36.4 Å². The number of nitrogens with one attached hydrogen (secondary N) is 2. The summed E-state index contributed by atoms with van der Waals surface area (Å²) in [7, 11) is 1.67. The van der Waals surface area contributed by atoms with Crippen LogP contribution in [0.4, 0.5) is 0 Å². The van der Waals surface area contributed by atoms with Crippen LogP contribution >= 0.6 is 11.3 Å². The van der Waals surface area contributed by atoms with Crippen LogP contribution in [0, 0.1) is 5.92 Å². The van der Waals surface area contributed by atoms with Crippen LogP contribution in [0.5, 0.6) is 0 Å². The summed E-state index contributed by atoms with van der Waals surface area (Å²) in [6, 6.07) is 1.94. The van der Waals surface area contributed by atoms with Crippen molar-refractivity contribution in [2.24, 2.45) is 11.8 Å². The Bertz CT molecular complexity index is 488. The van der Waals surface area contributed by atoms with Crippen LogP contribution < -0.4 is 16.6 Å². The quantitative estimate of drug-likeness (QED) is 0.424. The second-order valence-corrected chi connectivity index (χ2v) is 5.85. The number of rotatable bonds is 4. The molecule has 2 heterocycles. The van der Waals surface area contributed by atoms with E-state index >= 15 is 0 Å². The largest absolute Gasteiger partial charge is 0.359 e. The predicted octanol–water partition coefficient (Wildman–Crippen LogP) is 0.310. The van der Waals surface area contributed by atoms with Gasteiger partial charge in [-0.3, -0.25) is 19.9 Å². The third kappa shape index (κ3) is 3.36. The zero-order valence-electron chi connectivity index (χ0n) is 11.5. The predicted molar refractivity (Wildman–Crippen MR) is 78.0 cm³/mol.